The molecule has 6 nitrogen and oxygen atoms in total. The molecule has 0 atom stereocenters. The van der Waals surface area contributed by atoms with Crippen LogP contribution in [0.15, 0.2) is 72.8 Å². The van der Waals surface area contributed by atoms with Gasteiger partial charge < -0.3 is 19.5 Å². The SMILES string of the molecule is COc1ccc(NC(=O)c2cc(-c3ccccc3OC(C)C)nc3ccccc23)c(OC)c1. The third kappa shape index (κ3) is 4.75. The molecule has 0 fully saturated rings. The van der Waals surface area contributed by atoms with Crippen LogP contribution in [0.3, 0.4) is 0 Å². The van der Waals surface area contributed by atoms with Gasteiger partial charge in [-0.2, -0.15) is 0 Å². The normalized spacial score (nSPS) is 10.8. The number of hydrogen-bond acceptors (Lipinski definition) is 5. The summed E-state index contributed by atoms with van der Waals surface area (Å²) in [6, 6.07) is 22.4. The summed E-state index contributed by atoms with van der Waals surface area (Å²) in [5.74, 6) is 1.61. The van der Waals surface area contributed by atoms with Crippen LogP contribution in [0.4, 0.5) is 5.69 Å². The lowest BCUT2D eigenvalue weighted by Crippen LogP contribution is -2.14. The van der Waals surface area contributed by atoms with E-state index in [0.717, 1.165) is 22.2 Å². The molecule has 0 radical (unpaired) electrons. The molecule has 0 aliphatic rings. The number of hydrogen-bond donors (Lipinski definition) is 1. The number of anilines is 1. The summed E-state index contributed by atoms with van der Waals surface area (Å²) in [6.07, 6.45) is 0.0110. The molecule has 33 heavy (non-hydrogen) atoms. The highest BCUT2D eigenvalue weighted by Crippen LogP contribution is 2.33. The third-order valence-electron chi connectivity index (χ3n) is 5.14. The van der Waals surface area contributed by atoms with Crippen LogP contribution in [0, 0.1) is 0 Å². The fourth-order valence-corrected chi connectivity index (χ4v) is 3.63. The quantitative estimate of drug-likeness (QED) is 0.382. The molecule has 4 rings (SSSR count). The van der Waals surface area contributed by atoms with Crippen LogP contribution in [0.5, 0.6) is 17.2 Å². The Kier molecular flexibility index (Phi) is 6.45. The Hall–Kier alpha value is -4.06. The minimum absolute atomic E-state index is 0.0110. The van der Waals surface area contributed by atoms with Crippen LogP contribution < -0.4 is 19.5 Å². The van der Waals surface area contributed by atoms with Gasteiger partial charge in [-0.3, -0.25) is 4.79 Å². The molecule has 0 bridgehead atoms. The highest BCUT2D eigenvalue weighted by molar-refractivity contribution is 6.13. The molecule has 1 amide bonds. The number of benzene rings is 3. The zero-order valence-electron chi connectivity index (χ0n) is 19.1. The number of pyridine rings is 1. The predicted molar refractivity (Wildman–Crippen MR) is 130 cm³/mol. The van der Waals surface area contributed by atoms with E-state index < -0.39 is 0 Å². The van der Waals surface area contributed by atoms with Gasteiger partial charge in [0, 0.05) is 17.0 Å². The number of ether oxygens (including phenoxy) is 3. The van der Waals surface area contributed by atoms with Gasteiger partial charge in [0.25, 0.3) is 5.91 Å². The number of fused-ring (bicyclic) bond motifs is 1. The summed E-state index contributed by atoms with van der Waals surface area (Å²) >= 11 is 0. The van der Waals surface area contributed by atoms with E-state index in [1.54, 1.807) is 38.5 Å². The number of nitrogens with one attached hydrogen (secondary N) is 1. The Morgan fingerprint density at radius 2 is 1.64 bits per heavy atom. The first-order valence-corrected chi connectivity index (χ1v) is 10.7. The van der Waals surface area contributed by atoms with Gasteiger partial charge in [-0.25, -0.2) is 4.98 Å². The highest BCUT2D eigenvalue weighted by Gasteiger charge is 2.18. The number of amides is 1. The van der Waals surface area contributed by atoms with Gasteiger partial charge in [-0.15, -0.1) is 0 Å². The van der Waals surface area contributed by atoms with Crippen molar-refractivity contribution in [3.8, 4) is 28.5 Å². The Morgan fingerprint density at radius 3 is 2.39 bits per heavy atom. The molecule has 6 heteroatoms. The molecule has 3 aromatic carbocycles. The first-order chi connectivity index (χ1) is 16.0. The van der Waals surface area contributed by atoms with Crippen molar-refractivity contribution in [3.63, 3.8) is 0 Å². The Labute approximate surface area is 193 Å². The fraction of sp³-hybridized carbons (Fsp3) is 0.185. The number of rotatable bonds is 7. The Balaban J connectivity index is 1.80. The van der Waals surface area contributed by atoms with Crippen molar-refractivity contribution in [3.05, 3.63) is 78.4 Å². The molecule has 0 aliphatic heterocycles. The first-order valence-electron chi connectivity index (χ1n) is 10.7. The molecule has 1 N–H and O–H groups in total. The molecule has 0 unspecified atom stereocenters. The zero-order chi connectivity index (χ0) is 23.4. The summed E-state index contributed by atoms with van der Waals surface area (Å²) in [5, 5.41) is 3.73. The smallest absolute Gasteiger partial charge is 0.256 e. The van der Waals surface area contributed by atoms with Crippen molar-refractivity contribution >= 4 is 22.5 Å². The van der Waals surface area contributed by atoms with E-state index in [1.807, 2.05) is 62.4 Å². The maximum atomic E-state index is 13.4. The number of nitrogens with zero attached hydrogens (tertiary/aromatic N) is 1. The van der Waals surface area contributed by atoms with Crippen molar-refractivity contribution < 1.29 is 19.0 Å². The average Bonchev–Trinajstić information content (AvgIpc) is 2.83. The molecular formula is C27H26N2O4. The van der Waals surface area contributed by atoms with Crippen molar-refractivity contribution in [2.24, 2.45) is 0 Å². The van der Waals surface area contributed by atoms with E-state index >= 15 is 0 Å². The number of aromatic nitrogens is 1. The summed E-state index contributed by atoms with van der Waals surface area (Å²) < 4.78 is 16.7. The van der Waals surface area contributed by atoms with E-state index in [1.165, 1.54) is 0 Å². The zero-order valence-corrected chi connectivity index (χ0v) is 19.1. The molecule has 0 spiro atoms. The van der Waals surface area contributed by atoms with Gasteiger partial charge in [0.1, 0.15) is 17.2 Å². The number of carbonyl (C=O) groups is 1. The van der Waals surface area contributed by atoms with Gasteiger partial charge in [0.05, 0.1) is 42.8 Å². The highest BCUT2D eigenvalue weighted by atomic mass is 16.5. The van der Waals surface area contributed by atoms with E-state index in [2.05, 4.69) is 5.32 Å². The van der Waals surface area contributed by atoms with E-state index in [0.29, 0.717) is 28.4 Å². The molecule has 1 aromatic heterocycles. The van der Waals surface area contributed by atoms with Crippen molar-refractivity contribution in [2.75, 3.05) is 19.5 Å². The summed E-state index contributed by atoms with van der Waals surface area (Å²) in [6.45, 7) is 3.96. The molecule has 4 aromatic rings. The second-order valence-electron chi connectivity index (χ2n) is 7.76. The number of methoxy groups -OCH3 is 2. The van der Waals surface area contributed by atoms with Gasteiger partial charge in [0.15, 0.2) is 0 Å². The lowest BCUT2D eigenvalue weighted by molar-refractivity contribution is 0.102. The fourth-order valence-electron chi connectivity index (χ4n) is 3.63. The summed E-state index contributed by atoms with van der Waals surface area (Å²) in [4.78, 5) is 18.3. The number of para-hydroxylation sites is 2. The molecule has 0 saturated carbocycles. The number of carbonyl (C=O) groups excluding carboxylic acids is 1. The average molecular weight is 443 g/mol. The van der Waals surface area contributed by atoms with Crippen molar-refractivity contribution in [2.45, 2.75) is 20.0 Å². The Bertz CT molecular complexity index is 1300. The van der Waals surface area contributed by atoms with Gasteiger partial charge in [-0.05, 0) is 50.2 Å². The summed E-state index contributed by atoms with van der Waals surface area (Å²) in [5.41, 5.74) is 3.27. The maximum Gasteiger partial charge on any atom is 0.256 e. The largest absolute Gasteiger partial charge is 0.497 e. The van der Waals surface area contributed by atoms with Gasteiger partial charge in [0.2, 0.25) is 0 Å². The van der Waals surface area contributed by atoms with E-state index in [-0.39, 0.29) is 12.0 Å². The van der Waals surface area contributed by atoms with Crippen molar-refractivity contribution in [1.29, 1.82) is 0 Å². The molecular weight excluding hydrogens is 416 g/mol. The lowest BCUT2D eigenvalue weighted by atomic mass is 10.0. The summed E-state index contributed by atoms with van der Waals surface area (Å²) in [7, 11) is 3.13. The maximum absolute atomic E-state index is 13.4. The second-order valence-corrected chi connectivity index (χ2v) is 7.76. The second kappa shape index (κ2) is 9.61. The van der Waals surface area contributed by atoms with Crippen LogP contribution in [0.1, 0.15) is 24.2 Å². The van der Waals surface area contributed by atoms with Crippen molar-refractivity contribution in [1.82, 2.24) is 4.98 Å². The lowest BCUT2D eigenvalue weighted by Gasteiger charge is -2.16. The topological polar surface area (TPSA) is 69.7 Å². The van der Waals surface area contributed by atoms with Crippen LogP contribution in [-0.2, 0) is 0 Å². The van der Waals surface area contributed by atoms with E-state index in [4.69, 9.17) is 19.2 Å². The van der Waals surface area contributed by atoms with Crippen LogP contribution >= 0.6 is 0 Å². The predicted octanol–water partition coefficient (Wildman–Crippen LogP) is 5.96. The van der Waals surface area contributed by atoms with E-state index in [9.17, 15) is 4.79 Å². The minimum atomic E-state index is -0.263. The van der Waals surface area contributed by atoms with Gasteiger partial charge >= 0.3 is 0 Å². The standard InChI is InChI=1S/C27H26N2O4/c1-17(2)33-25-12-8-6-10-20(25)24-16-21(19-9-5-7-11-22(19)28-24)27(30)29-23-14-13-18(31-3)15-26(23)32-4/h5-17H,1-4H3,(H,29,30). The van der Waals surface area contributed by atoms with Crippen LogP contribution in [0.25, 0.3) is 22.2 Å². The minimum Gasteiger partial charge on any atom is -0.497 e. The molecule has 1 heterocycles. The molecule has 168 valence electrons. The Morgan fingerprint density at radius 1 is 0.879 bits per heavy atom. The molecule has 0 aliphatic carbocycles. The molecule has 0 saturated heterocycles. The van der Waals surface area contributed by atoms with Gasteiger partial charge in [-0.1, -0.05) is 30.3 Å². The third-order valence-corrected chi connectivity index (χ3v) is 5.14. The monoisotopic (exact) mass is 442 g/mol. The first kappa shape index (κ1) is 22.1. The van der Waals surface area contributed by atoms with Crippen LogP contribution in [0.2, 0.25) is 0 Å². The van der Waals surface area contributed by atoms with Crippen LogP contribution in [-0.4, -0.2) is 31.2 Å².